The van der Waals surface area contributed by atoms with Gasteiger partial charge in [0.25, 0.3) is 0 Å². The Kier molecular flexibility index (Phi) is 3.69. The zero-order valence-electron chi connectivity index (χ0n) is 11.3. The third kappa shape index (κ3) is 3.36. The summed E-state index contributed by atoms with van der Waals surface area (Å²) < 4.78 is 0. The molecular weight excluding hydrogens is 270 g/mol. The Bertz CT molecular complexity index is 619. The van der Waals surface area contributed by atoms with Crippen LogP contribution < -0.4 is 10.6 Å². The van der Waals surface area contributed by atoms with E-state index >= 15 is 0 Å². The second-order valence-electron chi connectivity index (χ2n) is 5.08. The number of aryl methyl sites for hydroxylation is 1. The van der Waals surface area contributed by atoms with Crippen molar-refractivity contribution < 1.29 is 4.79 Å². The first-order valence-electron chi connectivity index (χ1n) is 6.76. The second kappa shape index (κ2) is 5.63. The van der Waals surface area contributed by atoms with Crippen molar-refractivity contribution in [2.75, 3.05) is 10.6 Å². The van der Waals surface area contributed by atoms with E-state index in [9.17, 15) is 4.79 Å². The standard InChI is InChI=1S/C15H17N3OS/c1-10-9-20-14(17-10)8-16-12-3-2-4-13(7-12)18-15(19)11-5-6-11/h2-4,7,9,11,16H,5-6,8H2,1H3,(H,18,19). The molecule has 104 valence electrons. The third-order valence-corrected chi connectivity index (χ3v) is 4.16. The molecule has 1 saturated carbocycles. The molecular formula is C15H17N3OS. The van der Waals surface area contributed by atoms with Gasteiger partial charge < -0.3 is 10.6 Å². The molecule has 2 aromatic rings. The lowest BCUT2D eigenvalue weighted by Crippen LogP contribution is -2.13. The van der Waals surface area contributed by atoms with Crippen molar-refractivity contribution in [1.29, 1.82) is 0 Å². The van der Waals surface area contributed by atoms with Gasteiger partial charge in [0.05, 0.1) is 6.54 Å². The van der Waals surface area contributed by atoms with E-state index in [0.29, 0.717) is 6.54 Å². The SMILES string of the molecule is Cc1csc(CNc2cccc(NC(=O)C3CC3)c2)n1. The molecule has 1 amide bonds. The largest absolute Gasteiger partial charge is 0.378 e. The van der Waals surface area contributed by atoms with Crippen LogP contribution in [0.5, 0.6) is 0 Å². The molecule has 0 unspecified atom stereocenters. The monoisotopic (exact) mass is 287 g/mol. The Morgan fingerprint density at radius 2 is 2.20 bits per heavy atom. The Morgan fingerprint density at radius 3 is 2.90 bits per heavy atom. The summed E-state index contributed by atoms with van der Waals surface area (Å²) in [5.74, 6) is 0.364. The number of rotatable bonds is 5. The maximum Gasteiger partial charge on any atom is 0.227 e. The third-order valence-electron chi connectivity index (χ3n) is 3.19. The predicted molar refractivity (Wildman–Crippen MR) is 82.0 cm³/mol. The zero-order chi connectivity index (χ0) is 13.9. The van der Waals surface area contributed by atoms with Crippen molar-refractivity contribution in [3.05, 3.63) is 40.3 Å². The number of nitrogens with zero attached hydrogens (tertiary/aromatic N) is 1. The van der Waals surface area contributed by atoms with Gasteiger partial charge in [0.2, 0.25) is 5.91 Å². The summed E-state index contributed by atoms with van der Waals surface area (Å²) in [4.78, 5) is 16.1. The molecule has 4 nitrogen and oxygen atoms in total. The van der Waals surface area contributed by atoms with Crippen molar-refractivity contribution in [3.63, 3.8) is 0 Å². The number of amides is 1. The van der Waals surface area contributed by atoms with Crippen LogP contribution in [0.2, 0.25) is 0 Å². The molecule has 5 heteroatoms. The molecule has 1 fully saturated rings. The quantitative estimate of drug-likeness (QED) is 0.886. The summed E-state index contributed by atoms with van der Waals surface area (Å²) in [6.45, 7) is 2.70. The minimum Gasteiger partial charge on any atom is -0.378 e. The fraction of sp³-hybridized carbons (Fsp3) is 0.333. The highest BCUT2D eigenvalue weighted by Gasteiger charge is 2.29. The number of aromatic nitrogens is 1. The normalized spacial score (nSPS) is 14.1. The zero-order valence-corrected chi connectivity index (χ0v) is 12.2. The number of anilines is 2. The lowest BCUT2D eigenvalue weighted by Gasteiger charge is -2.08. The van der Waals surface area contributed by atoms with Crippen LogP contribution in [0.1, 0.15) is 23.5 Å². The average Bonchev–Trinajstić information content (AvgIpc) is 3.20. The Hall–Kier alpha value is -1.88. The van der Waals surface area contributed by atoms with Gasteiger partial charge in [0.1, 0.15) is 5.01 Å². The summed E-state index contributed by atoms with van der Waals surface area (Å²) in [6.07, 6.45) is 2.04. The van der Waals surface area contributed by atoms with E-state index in [1.165, 1.54) is 0 Å². The summed E-state index contributed by atoms with van der Waals surface area (Å²) in [5, 5.41) is 9.39. The van der Waals surface area contributed by atoms with Crippen molar-refractivity contribution >= 4 is 28.6 Å². The van der Waals surface area contributed by atoms with E-state index in [2.05, 4.69) is 15.6 Å². The molecule has 0 spiro atoms. The van der Waals surface area contributed by atoms with Crippen LogP contribution in [0, 0.1) is 12.8 Å². The van der Waals surface area contributed by atoms with Gasteiger partial charge in [0.15, 0.2) is 0 Å². The molecule has 0 aliphatic heterocycles. The molecule has 0 saturated heterocycles. The number of thiazole rings is 1. The fourth-order valence-corrected chi connectivity index (χ4v) is 2.67. The first kappa shape index (κ1) is 13.1. The maximum absolute atomic E-state index is 11.7. The van der Waals surface area contributed by atoms with Crippen LogP contribution >= 0.6 is 11.3 Å². The number of nitrogens with one attached hydrogen (secondary N) is 2. The van der Waals surface area contributed by atoms with Gasteiger partial charge in [-0.15, -0.1) is 11.3 Å². The van der Waals surface area contributed by atoms with E-state index in [-0.39, 0.29) is 11.8 Å². The summed E-state index contributed by atoms with van der Waals surface area (Å²) >= 11 is 1.65. The molecule has 1 aliphatic carbocycles. The molecule has 1 aromatic carbocycles. The van der Waals surface area contributed by atoms with Crippen LogP contribution in [-0.2, 0) is 11.3 Å². The molecule has 0 bridgehead atoms. The summed E-state index contributed by atoms with van der Waals surface area (Å²) in [6, 6.07) is 7.81. The minimum atomic E-state index is 0.137. The predicted octanol–water partition coefficient (Wildman–Crippen LogP) is 3.41. The Morgan fingerprint density at radius 1 is 1.40 bits per heavy atom. The molecule has 0 radical (unpaired) electrons. The van der Waals surface area contributed by atoms with Gasteiger partial charge in [-0.3, -0.25) is 4.79 Å². The van der Waals surface area contributed by atoms with Gasteiger partial charge in [-0.1, -0.05) is 6.07 Å². The van der Waals surface area contributed by atoms with Gasteiger partial charge >= 0.3 is 0 Å². The molecule has 1 aromatic heterocycles. The highest BCUT2D eigenvalue weighted by atomic mass is 32.1. The van der Waals surface area contributed by atoms with Crippen LogP contribution in [0.4, 0.5) is 11.4 Å². The lowest BCUT2D eigenvalue weighted by atomic mass is 10.2. The number of hydrogen-bond acceptors (Lipinski definition) is 4. The first-order chi connectivity index (χ1) is 9.70. The van der Waals surface area contributed by atoms with Crippen molar-refractivity contribution in [1.82, 2.24) is 4.98 Å². The molecule has 1 aliphatic rings. The van der Waals surface area contributed by atoms with E-state index in [0.717, 1.165) is 34.9 Å². The highest BCUT2D eigenvalue weighted by molar-refractivity contribution is 7.09. The number of hydrogen-bond donors (Lipinski definition) is 2. The summed E-state index contributed by atoms with van der Waals surface area (Å²) in [5.41, 5.74) is 2.89. The van der Waals surface area contributed by atoms with Gasteiger partial charge in [-0.2, -0.15) is 0 Å². The second-order valence-corrected chi connectivity index (χ2v) is 6.02. The Labute approximate surface area is 122 Å². The number of benzene rings is 1. The van der Waals surface area contributed by atoms with E-state index in [1.54, 1.807) is 11.3 Å². The van der Waals surface area contributed by atoms with E-state index in [4.69, 9.17) is 0 Å². The van der Waals surface area contributed by atoms with E-state index < -0.39 is 0 Å². The van der Waals surface area contributed by atoms with Crippen LogP contribution in [0.25, 0.3) is 0 Å². The number of carbonyl (C=O) groups is 1. The van der Waals surface area contributed by atoms with E-state index in [1.807, 2.05) is 36.6 Å². The average molecular weight is 287 g/mol. The first-order valence-corrected chi connectivity index (χ1v) is 7.64. The molecule has 3 rings (SSSR count). The highest BCUT2D eigenvalue weighted by Crippen LogP contribution is 2.30. The molecule has 0 atom stereocenters. The van der Waals surface area contributed by atoms with Crippen LogP contribution in [0.15, 0.2) is 29.6 Å². The van der Waals surface area contributed by atoms with Gasteiger partial charge in [0, 0.05) is 28.4 Å². The van der Waals surface area contributed by atoms with Crippen LogP contribution in [-0.4, -0.2) is 10.9 Å². The molecule has 2 N–H and O–H groups in total. The topological polar surface area (TPSA) is 54.0 Å². The fourth-order valence-electron chi connectivity index (χ4n) is 1.96. The lowest BCUT2D eigenvalue weighted by molar-refractivity contribution is -0.117. The number of carbonyl (C=O) groups excluding carboxylic acids is 1. The van der Waals surface area contributed by atoms with Crippen LogP contribution in [0.3, 0.4) is 0 Å². The molecule has 20 heavy (non-hydrogen) atoms. The smallest absolute Gasteiger partial charge is 0.227 e. The van der Waals surface area contributed by atoms with Crippen molar-refractivity contribution in [2.24, 2.45) is 5.92 Å². The van der Waals surface area contributed by atoms with Crippen molar-refractivity contribution in [3.8, 4) is 0 Å². The Balaban J connectivity index is 1.60. The van der Waals surface area contributed by atoms with Gasteiger partial charge in [-0.05, 0) is 38.0 Å². The molecule has 1 heterocycles. The summed E-state index contributed by atoms with van der Waals surface area (Å²) in [7, 11) is 0. The van der Waals surface area contributed by atoms with Crippen molar-refractivity contribution in [2.45, 2.75) is 26.3 Å². The maximum atomic E-state index is 11.7. The minimum absolute atomic E-state index is 0.137. The van der Waals surface area contributed by atoms with Gasteiger partial charge in [-0.25, -0.2) is 4.98 Å².